The summed E-state index contributed by atoms with van der Waals surface area (Å²) >= 11 is 3.40. The van der Waals surface area contributed by atoms with Crippen molar-refractivity contribution in [2.24, 2.45) is 0 Å². The third kappa shape index (κ3) is 2.22. The number of rotatable bonds is 1. The van der Waals surface area contributed by atoms with Crippen LogP contribution in [0.25, 0.3) is 22.0 Å². The van der Waals surface area contributed by atoms with Crippen LogP contribution in [0.4, 0.5) is 5.69 Å². The van der Waals surface area contributed by atoms with Gasteiger partial charge in [-0.1, -0.05) is 15.9 Å². The zero-order valence-corrected chi connectivity index (χ0v) is 13.8. The number of aromatic nitrogens is 2. The molecule has 2 aromatic heterocycles. The number of imidazole rings is 1. The molecule has 0 atom stereocenters. The summed E-state index contributed by atoms with van der Waals surface area (Å²) in [4.78, 5) is 17.3. The maximum atomic E-state index is 12.9. The fraction of sp³-hybridized carbons (Fsp3) is 0.0588. The molecule has 0 radical (unpaired) electrons. The van der Waals surface area contributed by atoms with Gasteiger partial charge in [-0.3, -0.25) is 9.36 Å². The van der Waals surface area contributed by atoms with Crippen molar-refractivity contribution in [3.8, 4) is 0 Å². The first-order chi connectivity index (χ1) is 11.0. The molecule has 114 valence electrons. The van der Waals surface area contributed by atoms with Gasteiger partial charge in [-0.25, -0.2) is 4.98 Å². The van der Waals surface area contributed by atoms with Crippen molar-refractivity contribution in [3.05, 3.63) is 58.5 Å². The van der Waals surface area contributed by atoms with Crippen LogP contribution in [0.3, 0.4) is 0 Å². The van der Waals surface area contributed by atoms with Gasteiger partial charge in [0.2, 0.25) is 0 Å². The summed E-state index contributed by atoms with van der Waals surface area (Å²) in [6, 6.07) is 12.7. The van der Waals surface area contributed by atoms with Crippen molar-refractivity contribution in [1.82, 2.24) is 9.55 Å². The summed E-state index contributed by atoms with van der Waals surface area (Å²) in [5, 5.41) is 0.878. The summed E-state index contributed by atoms with van der Waals surface area (Å²) in [5.74, 6) is 0.622. The molecule has 0 aliphatic carbocycles. The Morgan fingerprint density at radius 3 is 2.87 bits per heavy atom. The minimum Gasteiger partial charge on any atom is -0.451 e. The van der Waals surface area contributed by atoms with Crippen LogP contribution >= 0.6 is 15.9 Å². The standard InChI is InChI=1S/C17H12BrN3O2/c1-9-20-13-8-12(19)4-5-14(13)21(9)17(22)16-6-10-2-3-11(18)7-15(10)23-16/h2-8H,19H2,1H3. The Balaban J connectivity index is 1.89. The van der Waals surface area contributed by atoms with Crippen molar-refractivity contribution in [2.45, 2.75) is 6.92 Å². The molecule has 0 aliphatic rings. The molecule has 0 fully saturated rings. The zero-order valence-electron chi connectivity index (χ0n) is 12.2. The van der Waals surface area contributed by atoms with E-state index in [1.54, 1.807) is 35.8 Å². The van der Waals surface area contributed by atoms with Gasteiger partial charge in [0.05, 0.1) is 11.0 Å². The highest BCUT2D eigenvalue weighted by atomic mass is 79.9. The number of carbonyl (C=O) groups is 1. The van der Waals surface area contributed by atoms with Gasteiger partial charge >= 0.3 is 0 Å². The third-order valence-corrected chi connectivity index (χ3v) is 4.24. The first-order valence-electron chi connectivity index (χ1n) is 7.01. The first-order valence-corrected chi connectivity index (χ1v) is 7.80. The van der Waals surface area contributed by atoms with Crippen LogP contribution in [-0.4, -0.2) is 15.5 Å². The van der Waals surface area contributed by atoms with Crippen LogP contribution in [0.5, 0.6) is 0 Å². The van der Waals surface area contributed by atoms with Gasteiger partial charge in [0, 0.05) is 15.5 Å². The van der Waals surface area contributed by atoms with Crippen molar-refractivity contribution in [1.29, 1.82) is 0 Å². The number of nitrogen functional groups attached to an aromatic ring is 1. The highest BCUT2D eigenvalue weighted by Gasteiger charge is 2.19. The van der Waals surface area contributed by atoms with Gasteiger partial charge in [0.25, 0.3) is 5.91 Å². The molecule has 0 aliphatic heterocycles. The summed E-state index contributed by atoms with van der Waals surface area (Å²) in [7, 11) is 0. The molecular weight excluding hydrogens is 358 g/mol. The Kier molecular flexibility index (Phi) is 3.02. The molecule has 4 aromatic rings. The molecule has 0 saturated carbocycles. The molecule has 5 nitrogen and oxygen atoms in total. The number of anilines is 1. The molecule has 0 amide bonds. The van der Waals surface area contributed by atoms with E-state index >= 15 is 0 Å². The summed E-state index contributed by atoms with van der Waals surface area (Å²) in [5.41, 5.74) is 8.45. The van der Waals surface area contributed by atoms with Crippen LogP contribution < -0.4 is 5.73 Å². The molecule has 2 aromatic carbocycles. The second-order valence-electron chi connectivity index (χ2n) is 5.34. The van der Waals surface area contributed by atoms with Crippen molar-refractivity contribution >= 4 is 49.5 Å². The minimum absolute atomic E-state index is 0.248. The fourth-order valence-corrected chi connectivity index (χ4v) is 3.03. The average molecular weight is 370 g/mol. The Labute approximate surface area is 139 Å². The van der Waals surface area contributed by atoms with E-state index in [4.69, 9.17) is 10.2 Å². The highest BCUT2D eigenvalue weighted by Crippen LogP contribution is 2.26. The number of nitrogens with two attached hydrogens (primary N) is 1. The van der Waals surface area contributed by atoms with Crippen LogP contribution in [0.1, 0.15) is 16.4 Å². The van der Waals surface area contributed by atoms with E-state index in [1.165, 1.54) is 0 Å². The molecule has 0 spiro atoms. The molecule has 23 heavy (non-hydrogen) atoms. The predicted molar refractivity (Wildman–Crippen MR) is 92.5 cm³/mol. The predicted octanol–water partition coefficient (Wildman–Crippen LogP) is 4.12. The maximum absolute atomic E-state index is 12.9. The number of aryl methyl sites for hydroxylation is 1. The second-order valence-corrected chi connectivity index (χ2v) is 6.26. The molecule has 4 rings (SSSR count). The number of halogens is 1. The van der Waals surface area contributed by atoms with Gasteiger partial charge in [-0.2, -0.15) is 0 Å². The third-order valence-electron chi connectivity index (χ3n) is 3.74. The fourth-order valence-electron chi connectivity index (χ4n) is 2.69. The van der Waals surface area contributed by atoms with E-state index in [0.29, 0.717) is 28.1 Å². The first kappa shape index (κ1) is 14.0. The van der Waals surface area contributed by atoms with Gasteiger partial charge in [0.15, 0.2) is 5.76 Å². The number of nitrogens with zero attached hydrogens (tertiary/aromatic N) is 2. The summed E-state index contributed by atoms with van der Waals surface area (Å²) in [6.07, 6.45) is 0. The number of carbonyl (C=O) groups excluding carboxylic acids is 1. The number of benzene rings is 2. The number of hydrogen-bond acceptors (Lipinski definition) is 4. The molecule has 0 bridgehead atoms. The lowest BCUT2D eigenvalue weighted by atomic mass is 10.2. The van der Waals surface area contributed by atoms with Gasteiger partial charge in [0.1, 0.15) is 11.4 Å². The van der Waals surface area contributed by atoms with E-state index < -0.39 is 0 Å². The van der Waals surface area contributed by atoms with Crippen molar-refractivity contribution < 1.29 is 9.21 Å². The lowest BCUT2D eigenvalue weighted by Gasteiger charge is -2.02. The summed E-state index contributed by atoms with van der Waals surface area (Å²) < 4.78 is 8.15. The van der Waals surface area contributed by atoms with Crippen molar-refractivity contribution in [3.63, 3.8) is 0 Å². The molecule has 2 heterocycles. The molecule has 2 N–H and O–H groups in total. The Morgan fingerprint density at radius 1 is 1.22 bits per heavy atom. The normalized spacial score (nSPS) is 11.4. The topological polar surface area (TPSA) is 74.0 Å². The number of furan rings is 1. The Bertz CT molecular complexity index is 1080. The van der Waals surface area contributed by atoms with E-state index in [-0.39, 0.29) is 11.7 Å². The van der Waals surface area contributed by atoms with Crippen LogP contribution in [0.2, 0.25) is 0 Å². The van der Waals surface area contributed by atoms with E-state index in [2.05, 4.69) is 20.9 Å². The Morgan fingerprint density at radius 2 is 2.04 bits per heavy atom. The maximum Gasteiger partial charge on any atom is 0.299 e. The SMILES string of the molecule is Cc1nc2cc(N)ccc2n1C(=O)c1cc2ccc(Br)cc2o1. The molecular formula is C17H12BrN3O2. The average Bonchev–Trinajstić information content (AvgIpc) is 3.05. The van der Waals surface area contributed by atoms with E-state index in [9.17, 15) is 4.79 Å². The quantitative estimate of drug-likeness (QED) is 0.512. The monoisotopic (exact) mass is 369 g/mol. The van der Waals surface area contributed by atoms with E-state index in [0.717, 1.165) is 9.86 Å². The van der Waals surface area contributed by atoms with Crippen LogP contribution in [0, 0.1) is 6.92 Å². The second kappa shape index (κ2) is 4.96. The zero-order chi connectivity index (χ0) is 16.1. The van der Waals surface area contributed by atoms with Crippen molar-refractivity contribution in [2.75, 3.05) is 5.73 Å². The van der Waals surface area contributed by atoms with Gasteiger partial charge < -0.3 is 10.2 Å². The van der Waals surface area contributed by atoms with Gasteiger partial charge in [-0.05, 0) is 49.4 Å². The lowest BCUT2D eigenvalue weighted by molar-refractivity contribution is 0.0937. The van der Waals surface area contributed by atoms with Crippen LogP contribution in [0.15, 0.2) is 51.4 Å². The highest BCUT2D eigenvalue weighted by molar-refractivity contribution is 9.10. The van der Waals surface area contributed by atoms with Gasteiger partial charge in [-0.15, -0.1) is 0 Å². The number of hydrogen-bond donors (Lipinski definition) is 1. The van der Waals surface area contributed by atoms with E-state index in [1.807, 2.05) is 18.2 Å². The summed E-state index contributed by atoms with van der Waals surface area (Å²) in [6.45, 7) is 1.79. The Hall–Kier alpha value is -2.60. The molecule has 0 saturated heterocycles. The number of fused-ring (bicyclic) bond motifs is 2. The molecule has 6 heteroatoms. The largest absolute Gasteiger partial charge is 0.451 e. The van der Waals surface area contributed by atoms with Crippen LogP contribution in [-0.2, 0) is 0 Å². The minimum atomic E-state index is -0.248. The smallest absolute Gasteiger partial charge is 0.299 e. The molecule has 0 unspecified atom stereocenters. The lowest BCUT2D eigenvalue weighted by Crippen LogP contribution is -2.12.